The van der Waals surface area contributed by atoms with Gasteiger partial charge < -0.3 is 19.3 Å². The molecule has 3 atom stereocenters. The monoisotopic (exact) mass is 422 g/mol. The molecule has 0 radical (unpaired) electrons. The highest BCUT2D eigenvalue weighted by Gasteiger charge is 2.60. The highest BCUT2D eigenvalue weighted by molar-refractivity contribution is 5.94. The van der Waals surface area contributed by atoms with Crippen LogP contribution in [-0.4, -0.2) is 60.4 Å². The zero-order valence-electron chi connectivity index (χ0n) is 17.6. The molecular formula is C24H26N2O5. The Morgan fingerprint density at radius 3 is 2.58 bits per heavy atom. The Morgan fingerprint density at radius 2 is 1.84 bits per heavy atom. The summed E-state index contributed by atoms with van der Waals surface area (Å²) in [7, 11) is 0. The van der Waals surface area contributed by atoms with Gasteiger partial charge in [0.25, 0.3) is 0 Å². The van der Waals surface area contributed by atoms with Crippen LogP contribution in [0.15, 0.2) is 23.9 Å². The van der Waals surface area contributed by atoms with Crippen molar-refractivity contribution in [1.82, 2.24) is 9.80 Å². The summed E-state index contributed by atoms with van der Waals surface area (Å²) in [6.07, 6.45) is 3.03. The van der Waals surface area contributed by atoms with Crippen molar-refractivity contribution in [3.05, 3.63) is 46.2 Å². The molecule has 2 saturated heterocycles. The van der Waals surface area contributed by atoms with Crippen molar-refractivity contribution in [2.75, 3.05) is 32.8 Å². The smallest absolute Gasteiger partial charge is 0.338 e. The number of piperidine rings is 1. The molecule has 1 aliphatic carbocycles. The van der Waals surface area contributed by atoms with Crippen LogP contribution in [-0.2, 0) is 32.1 Å². The van der Waals surface area contributed by atoms with Crippen LogP contribution in [0.4, 0.5) is 0 Å². The maximum atomic E-state index is 12.5. The minimum Gasteiger partial charge on any atom is -0.457 e. The Morgan fingerprint density at radius 1 is 1.03 bits per heavy atom. The fourth-order valence-electron chi connectivity index (χ4n) is 6.28. The topological polar surface area (TPSA) is 76.2 Å². The van der Waals surface area contributed by atoms with Crippen molar-refractivity contribution in [1.29, 1.82) is 0 Å². The van der Waals surface area contributed by atoms with Gasteiger partial charge in [-0.2, -0.15) is 0 Å². The fourth-order valence-corrected chi connectivity index (χ4v) is 6.28. The second-order valence-corrected chi connectivity index (χ2v) is 9.58. The molecule has 4 aliphatic heterocycles. The van der Waals surface area contributed by atoms with E-state index in [1.165, 1.54) is 17.2 Å². The van der Waals surface area contributed by atoms with E-state index in [2.05, 4.69) is 17.9 Å². The molecule has 0 bridgehead atoms. The standard InChI is InChI=1S/C24H26N2O5/c1-13-14(2-3-17-20(13)12-31-24(17)29)4-5-25-9-18-19(10-25)23(18)15-6-21(27)26(8-15)16-7-22(28)30-11-16/h2-3,7,15,18-19,23H,4-6,8-12H2,1H3. The van der Waals surface area contributed by atoms with Gasteiger partial charge in [0.15, 0.2) is 0 Å². The van der Waals surface area contributed by atoms with Crippen LogP contribution in [0.25, 0.3) is 0 Å². The van der Waals surface area contributed by atoms with Gasteiger partial charge in [-0.05, 0) is 54.2 Å². The van der Waals surface area contributed by atoms with Crippen molar-refractivity contribution >= 4 is 17.8 Å². The first-order valence-corrected chi connectivity index (χ1v) is 11.2. The Kier molecular flexibility index (Phi) is 4.25. The summed E-state index contributed by atoms with van der Waals surface area (Å²) in [5, 5.41) is 0. The Balaban J connectivity index is 1.03. The van der Waals surface area contributed by atoms with Gasteiger partial charge in [0, 0.05) is 44.2 Å². The van der Waals surface area contributed by atoms with Gasteiger partial charge in [0.05, 0.1) is 11.3 Å². The van der Waals surface area contributed by atoms with Crippen molar-refractivity contribution in [2.24, 2.45) is 23.7 Å². The number of carbonyl (C=O) groups excluding carboxylic acids is 3. The van der Waals surface area contributed by atoms with Crippen LogP contribution >= 0.6 is 0 Å². The molecule has 3 fully saturated rings. The molecular weight excluding hydrogens is 396 g/mol. The van der Waals surface area contributed by atoms with Crippen LogP contribution in [0.2, 0.25) is 0 Å². The normalized spacial score (nSPS) is 31.6. The average Bonchev–Trinajstić information content (AvgIpc) is 3.26. The molecule has 1 saturated carbocycles. The summed E-state index contributed by atoms with van der Waals surface area (Å²) >= 11 is 0. The predicted octanol–water partition coefficient (Wildman–Crippen LogP) is 1.67. The minimum absolute atomic E-state index is 0.130. The van der Waals surface area contributed by atoms with Gasteiger partial charge in [-0.1, -0.05) is 6.07 Å². The largest absolute Gasteiger partial charge is 0.457 e. The van der Waals surface area contributed by atoms with Gasteiger partial charge in [0.2, 0.25) is 5.91 Å². The van der Waals surface area contributed by atoms with Crippen LogP contribution in [0.1, 0.15) is 33.5 Å². The van der Waals surface area contributed by atoms with Crippen molar-refractivity contribution in [2.45, 2.75) is 26.4 Å². The van der Waals surface area contributed by atoms with E-state index in [-0.39, 0.29) is 24.5 Å². The second-order valence-electron chi connectivity index (χ2n) is 9.58. The third-order valence-electron chi connectivity index (χ3n) is 8.00. The number of benzene rings is 1. The van der Waals surface area contributed by atoms with E-state index in [0.29, 0.717) is 36.7 Å². The van der Waals surface area contributed by atoms with Gasteiger partial charge in [-0.15, -0.1) is 0 Å². The number of rotatable bonds is 5. The Bertz CT molecular complexity index is 1020. The molecule has 6 rings (SSSR count). The molecule has 31 heavy (non-hydrogen) atoms. The van der Waals surface area contributed by atoms with E-state index in [9.17, 15) is 14.4 Å². The summed E-state index contributed by atoms with van der Waals surface area (Å²) in [5.74, 6) is 2.00. The molecule has 4 heterocycles. The molecule has 7 heteroatoms. The molecule has 0 aromatic heterocycles. The van der Waals surface area contributed by atoms with Gasteiger partial charge in [0.1, 0.15) is 13.2 Å². The third kappa shape index (κ3) is 3.09. The highest BCUT2D eigenvalue weighted by atomic mass is 16.5. The summed E-state index contributed by atoms with van der Waals surface area (Å²) in [6.45, 7) is 6.69. The van der Waals surface area contributed by atoms with Crippen LogP contribution in [0.5, 0.6) is 0 Å². The molecule has 0 N–H and O–H groups in total. The van der Waals surface area contributed by atoms with Gasteiger partial charge in [-0.25, -0.2) is 9.59 Å². The zero-order chi connectivity index (χ0) is 21.3. The number of hydrogen-bond acceptors (Lipinski definition) is 6. The van der Waals surface area contributed by atoms with E-state index in [1.807, 2.05) is 6.07 Å². The zero-order valence-corrected chi connectivity index (χ0v) is 17.6. The second kappa shape index (κ2) is 6.92. The number of likely N-dealkylation sites (tertiary alicyclic amines) is 2. The first-order valence-electron chi connectivity index (χ1n) is 11.2. The van der Waals surface area contributed by atoms with E-state index in [4.69, 9.17) is 9.47 Å². The molecule has 7 nitrogen and oxygen atoms in total. The molecule has 3 unspecified atom stereocenters. The highest BCUT2D eigenvalue weighted by Crippen LogP contribution is 2.57. The molecule has 5 aliphatic rings. The molecule has 1 aromatic carbocycles. The lowest BCUT2D eigenvalue weighted by Crippen LogP contribution is -2.29. The van der Waals surface area contributed by atoms with Crippen LogP contribution in [0, 0.1) is 30.6 Å². The fraction of sp³-hybridized carbons (Fsp3) is 0.542. The lowest BCUT2D eigenvalue weighted by Gasteiger charge is -2.22. The number of cyclic esters (lactones) is 2. The van der Waals surface area contributed by atoms with Crippen LogP contribution < -0.4 is 0 Å². The predicted molar refractivity (Wildman–Crippen MR) is 110 cm³/mol. The van der Waals surface area contributed by atoms with Crippen molar-refractivity contribution in [3.63, 3.8) is 0 Å². The van der Waals surface area contributed by atoms with Gasteiger partial charge in [-0.3, -0.25) is 4.79 Å². The molecule has 1 aromatic rings. The summed E-state index contributed by atoms with van der Waals surface area (Å²) < 4.78 is 10.1. The average molecular weight is 422 g/mol. The van der Waals surface area contributed by atoms with Crippen LogP contribution in [0.3, 0.4) is 0 Å². The lowest BCUT2D eigenvalue weighted by atomic mass is 9.96. The maximum absolute atomic E-state index is 12.5. The number of hydrogen-bond donors (Lipinski definition) is 0. The molecule has 0 spiro atoms. The number of fused-ring (bicyclic) bond motifs is 2. The first kappa shape index (κ1) is 19.0. The minimum atomic E-state index is -0.345. The third-order valence-corrected chi connectivity index (χ3v) is 8.00. The van der Waals surface area contributed by atoms with E-state index >= 15 is 0 Å². The van der Waals surface area contributed by atoms with E-state index < -0.39 is 0 Å². The van der Waals surface area contributed by atoms with Crippen molar-refractivity contribution in [3.8, 4) is 0 Å². The summed E-state index contributed by atoms with van der Waals surface area (Å²) in [4.78, 5) is 39.8. The number of carbonyl (C=O) groups is 3. The molecule has 1 amide bonds. The summed E-state index contributed by atoms with van der Waals surface area (Å²) in [6, 6.07) is 3.98. The van der Waals surface area contributed by atoms with Crippen molar-refractivity contribution < 1.29 is 23.9 Å². The number of esters is 2. The lowest BCUT2D eigenvalue weighted by molar-refractivity contribution is -0.135. The Hall–Kier alpha value is -2.67. The SMILES string of the molecule is Cc1c(CCN2CC3C(C2)C3C2CC(=O)N(C3=CC(=O)OC3)C2)ccc2c1COC2=O. The van der Waals surface area contributed by atoms with E-state index in [1.54, 1.807) is 4.90 Å². The quantitative estimate of drug-likeness (QED) is 0.672. The molecule has 162 valence electrons. The number of ether oxygens (including phenoxy) is 2. The number of nitrogens with zero attached hydrogens (tertiary/aromatic N) is 2. The van der Waals surface area contributed by atoms with E-state index in [0.717, 1.165) is 49.4 Å². The Labute approximate surface area is 181 Å². The number of amides is 1. The summed E-state index contributed by atoms with van der Waals surface area (Å²) in [5.41, 5.74) is 4.98. The first-order chi connectivity index (χ1) is 15.0. The van der Waals surface area contributed by atoms with Gasteiger partial charge >= 0.3 is 11.9 Å². The maximum Gasteiger partial charge on any atom is 0.338 e.